The van der Waals surface area contributed by atoms with Crippen molar-refractivity contribution >= 4 is 5.78 Å². The number of phenolic OH excluding ortho intramolecular Hbond substituents is 2. The molecule has 0 aliphatic rings. The van der Waals surface area contributed by atoms with Crippen molar-refractivity contribution in [3.63, 3.8) is 0 Å². The highest BCUT2D eigenvalue weighted by Gasteiger charge is 2.14. The van der Waals surface area contributed by atoms with Gasteiger partial charge in [-0.05, 0) is 42.8 Å². The summed E-state index contributed by atoms with van der Waals surface area (Å²) < 4.78 is 5.53. The SMILES string of the molecule is CCCCOc1ccc(C(=O)c2ccc(O)cc2O)cc1. The van der Waals surface area contributed by atoms with Crippen LogP contribution >= 0.6 is 0 Å². The van der Waals surface area contributed by atoms with E-state index in [-0.39, 0.29) is 22.8 Å². The summed E-state index contributed by atoms with van der Waals surface area (Å²) in [5.41, 5.74) is 0.617. The van der Waals surface area contributed by atoms with Crippen LogP contribution in [0.15, 0.2) is 42.5 Å². The minimum atomic E-state index is -0.299. The molecule has 2 N–H and O–H groups in total. The highest BCUT2D eigenvalue weighted by molar-refractivity contribution is 6.10. The molecule has 0 saturated carbocycles. The van der Waals surface area contributed by atoms with Gasteiger partial charge in [0.25, 0.3) is 0 Å². The van der Waals surface area contributed by atoms with E-state index in [1.165, 1.54) is 12.1 Å². The van der Waals surface area contributed by atoms with Crippen molar-refractivity contribution in [3.05, 3.63) is 53.6 Å². The van der Waals surface area contributed by atoms with Crippen molar-refractivity contribution in [1.82, 2.24) is 0 Å². The van der Waals surface area contributed by atoms with Gasteiger partial charge >= 0.3 is 0 Å². The molecule has 0 unspecified atom stereocenters. The van der Waals surface area contributed by atoms with Gasteiger partial charge in [-0.15, -0.1) is 0 Å². The number of unbranched alkanes of at least 4 members (excludes halogenated alkanes) is 1. The van der Waals surface area contributed by atoms with Crippen LogP contribution in [-0.4, -0.2) is 22.6 Å². The highest BCUT2D eigenvalue weighted by atomic mass is 16.5. The summed E-state index contributed by atoms with van der Waals surface area (Å²) >= 11 is 0. The lowest BCUT2D eigenvalue weighted by Gasteiger charge is -2.07. The Hall–Kier alpha value is -2.49. The summed E-state index contributed by atoms with van der Waals surface area (Å²) in [4.78, 5) is 12.3. The van der Waals surface area contributed by atoms with Gasteiger partial charge in [0.1, 0.15) is 17.2 Å². The van der Waals surface area contributed by atoms with E-state index >= 15 is 0 Å². The minimum absolute atomic E-state index is 0.0799. The third-order valence-electron chi connectivity index (χ3n) is 3.11. The molecule has 4 heteroatoms. The number of carbonyl (C=O) groups is 1. The third-order valence-corrected chi connectivity index (χ3v) is 3.11. The Morgan fingerprint density at radius 1 is 1.10 bits per heavy atom. The molecule has 0 bridgehead atoms. The van der Waals surface area contributed by atoms with Gasteiger partial charge in [-0.1, -0.05) is 13.3 Å². The lowest BCUT2D eigenvalue weighted by molar-refractivity contribution is 0.103. The van der Waals surface area contributed by atoms with Crippen molar-refractivity contribution in [3.8, 4) is 17.2 Å². The predicted molar refractivity (Wildman–Crippen MR) is 80.0 cm³/mol. The predicted octanol–water partition coefficient (Wildman–Crippen LogP) is 3.51. The fraction of sp³-hybridized carbons (Fsp3) is 0.235. The second-order valence-corrected chi connectivity index (χ2v) is 4.76. The molecule has 0 heterocycles. The van der Waals surface area contributed by atoms with Gasteiger partial charge in [-0.3, -0.25) is 4.79 Å². The first-order chi connectivity index (χ1) is 10.1. The molecule has 2 aromatic carbocycles. The van der Waals surface area contributed by atoms with E-state index in [2.05, 4.69) is 6.92 Å². The van der Waals surface area contributed by atoms with Crippen LogP contribution in [-0.2, 0) is 0 Å². The minimum Gasteiger partial charge on any atom is -0.508 e. The second-order valence-electron chi connectivity index (χ2n) is 4.76. The number of benzene rings is 2. The van der Waals surface area contributed by atoms with Crippen molar-refractivity contribution < 1.29 is 19.7 Å². The Bertz CT molecular complexity index is 617. The van der Waals surface area contributed by atoms with E-state index in [0.717, 1.165) is 24.7 Å². The number of hydrogen-bond acceptors (Lipinski definition) is 4. The van der Waals surface area contributed by atoms with Crippen molar-refractivity contribution in [1.29, 1.82) is 0 Å². The zero-order chi connectivity index (χ0) is 15.2. The first kappa shape index (κ1) is 14.9. The second kappa shape index (κ2) is 6.79. The largest absolute Gasteiger partial charge is 0.508 e. The van der Waals surface area contributed by atoms with Gasteiger partial charge in [-0.25, -0.2) is 0 Å². The summed E-state index contributed by atoms with van der Waals surface area (Å²) in [5, 5.41) is 19.0. The first-order valence-electron chi connectivity index (χ1n) is 6.91. The lowest BCUT2D eigenvalue weighted by Crippen LogP contribution is -2.02. The van der Waals surface area contributed by atoms with Gasteiger partial charge < -0.3 is 14.9 Å². The molecule has 0 saturated heterocycles. The molecule has 0 aromatic heterocycles. The van der Waals surface area contributed by atoms with Gasteiger partial charge in [0.05, 0.1) is 12.2 Å². The van der Waals surface area contributed by atoms with Crippen LogP contribution in [0.3, 0.4) is 0 Å². The normalized spacial score (nSPS) is 10.3. The topological polar surface area (TPSA) is 66.8 Å². The Labute approximate surface area is 123 Å². The van der Waals surface area contributed by atoms with Crippen LogP contribution < -0.4 is 4.74 Å². The van der Waals surface area contributed by atoms with Crippen LogP contribution in [0, 0.1) is 0 Å². The van der Waals surface area contributed by atoms with Gasteiger partial charge in [0, 0.05) is 11.6 Å². The molecule has 0 spiro atoms. The van der Waals surface area contributed by atoms with E-state index in [4.69, 9.17) is 4.74 Å². The first-order valence-corrected chi connectivity index (χ1v) is 6.91. The monoisotopic (exact) mass is 286 g/mol. The smallest absolute Gasteiger partial charge is 0.196 e. The Balaban J connectivity index is 2.12. The summed E-state index contributed by atoms with van der Waals surface area (Å²) in [6, 6.07) is 10.7. The Kier molecular flexibility index (Phi) is 4.82. The molecule has 0 atom stereocenters. The average molecular weight is 286 g/mol. The average Bonchev–Trinajstić information content (AvgIpc) is 2.48. The van der Waals surface area contributed by atoms with Gasteiger partial charge in [-0.2, -0.15) is 0 Å². The molecular weight excluding hydrogens is 268 g/mol. The standard InChI is InChI=1S/C17H18O4/c1-2-3-10-21-14-7-4-12(5-8-14)17(20)15-9-6-13(18)11-16(15)19/h4-9,11,18-19H,2-3,10H2,1H3. The third kappa shape index (κ3) is 3.75. The van der Waals surface area contributed by atoms with Crippen LogP contribution in [0.5, 0.6) is 17.2 Å². The van der Waals surface area contributed by atoms with Crippen molar-refractivity contribution in [2.45, 2.75) is 19.8 Å². The maximum Gasteiger partial charge on any atom is 0.196 e. The van der Waals surface area contributed by atoms with Crippen LogP contribution in [0.4, 0.5) is 0 Å². The molecule has 0 radical (unpaired) electrons. The molecule has 0 aliphatic heterocycles. The Morgan fingerprint density at radius 2 is 1.81 bits per heavy atom. The maximum atomic E-state index is 12.3. The molecule has 0 amide bonds. The number of aromatic hydroxyl groups is 2. The number of hydrogen-bond donors (Lipinski definition) is 2. The van der Waals surface area contributed by atoms with Gasteiger partial charge in [0.2, 0.25) is 0 Å². The zero-order valence-electron chi connectivity index (χ0n) is 11.9. The molecule has 2 rings (SSSR count). The quantitative estimate of drug-likeness (QED) is 0.630. The lowest BCUT2D eigenvalue weighted by atomic mass is 10.0. The number of ketones is 1. The molecule has 0 aliphatic carbocycles. The Morgan fingerprint density at radius 3 is 2.43 bits per heavy atom. The fourth-order valence-electron chi connectivity index (χ4n) is 1.90. The number of phenols is 2. The summed E-state index contributed by atoms with van der Waals surface area (Å²) in [5.74, 6) is 0.106. The summed E-state index contributed by atoms with van der Waals surface area (Å²) in [6.07, 6.45) is 2.05. The van der Waals surface area contributed by atoms with E-state index in [0.29, 0.717) is 12.2 Å². The van der Waals surface area contributed by atoms with Crippen molar-refractivity contribution in [2.24, 2.45) is 0 Å². The van der Waals surface area contributed by atoms with Crippen LogP contribution in [0.2, 0.25) is 0 Å². The summed E-state index contributed by atoms with van der Waals surface area (Å²) in [6.45, 7) is 2.75. The number of carbonyl (C=O) groups excluding carboxylic acids is 1. The van der Waals surface area contributed by atoms with E-state index < -0.39 is 0 Å². The number of rotatable bonds is 6. The van der Waals surface area contributed by atoms with Gasteiger partial charge in [0.15, 0.2) is 5.78 Å². The number of ether oxygens (including phenoxy) is 1. The van der Waals surface area contributed by atoms with E-state index in [9.17, 15) is 15.0 Å². The molecular formula is C17H18O4. The molecule has 110 valence electrons. The molecule has 4 nitrogen and oxygen atoms in total. The molecule has 0 fully saturated rings. The zero-order valence-corrected chi connectivity index (χ0v) is 11.9. The van der Waals surface area contributed by atoms with E-state index in [1.807, 2.05) is 0 Å². The van der Waals surface area contributed by atoms with Crippen molar-refractivity contribution in [2.75, 3.05) is 6.61 Å². The summed E-state index contributed by atoms with van der Waals surface area (Å²) in [7, 11) is 0. The molecule has 21 heavy (non-hydrogen) atoms. The van der Waals surface area contributed by atoms with Crippen LogP contribution in [0.1, 0.15) is 35.7 Å². The maximum absolute atomic E-state index is 12.3. The van der Waals surface area contributed by atoms with Crippen LogP contribution in [0.25, 0.3) is 0 Å². The fourth-order valence-corrected chi connectivity index (χ4v) is 1.90. The van der Waals surface area contributed by atoms with E-state index in [1.54, 1.807) is 24.3 Å². The highest BCUT2D eigenvalue weighted by Crippen LogP contribution is 2.25. The molecule has 2 aromatic rings.